The predicted molar refractivity (Wildman–Crippen MR) is 125 cm³/mol. The van der Waals surface area contributed by atoms with E-state index in [9.17, 15) is 10.1 Å². The maximum atomic E-state index is 12.4. The van der Waals surface area contributed by atoms with E-state index in [2.05, 4.69) is 32.3 Å². The van der Waals surface area contributed by atoms with Gasteiger partial charge < -0.3 is 9.73 Å². The monoisotopic (exact) mass is 497 g/mol. The Morgan fingerprint density at radius 1 is 1.33 bits per heavy atom. The predicted octanol–water partition coefficient (Wildman–Crippen LogP) is 6.62. The molecular weight excluding hydrogens is 486 g/mol. The van der Waals surface area contributed by atoms with Crippen LogP contribution in [0.3, 0.4) is 0 Å². The Morgan fingerprint density at radius 2 is 2.17 bits per heavy atom. The lowest BCUT2D eigenvalue weighted by Crippen LogP contribution is -2.03. The van der Waals surface area contributed by atoms with Crippen LogP contribution in [0.25, 0.3) is 27.8 Å². The summed E-state index contributed by atoms with van der Waals surface area (Å²) >= 11 is 10.8. The molecule has 0 aliphatic rings. The minimum Gasteiger partial charge on any atom is -0.422 e. The minimum atomic E-state index is -0.475. The molecule has 2 heterocycles. The molecular formula is C22H13BrClN3O2S. The summed E-state index contributed by atoms with van der Waals surface area (Å²) in [6.45, 7) is 1.89. The average molecular weight is 499 g/mol. The van der Waals surface area contributed by atoms with Crippen LogP contribution in [0.2, 0.25) is 5.02 Å². The van der Waals surface area contributed by atoms with Crippen LogP contribution >= 0.6 is 38.9 Å². The van der Waals surface area contributed by atoms with Crippen LogP contribution in [0.15, 0.2) is 67.7 Å². The Bertz CT molecular complexity index is 1400. The van der Waals surface area contributed by atoms with Crippen molar-refractivity contribution in [2.24, 2.45) is 0 Å². The maximum Gasteiger partial charge on any atom is 0.345 e. The zero-order valence-electron chi connectivity index (χ0n) is 15.6. The first-order valence-corrected chi connectivity index (χ1v) is 10.8. The molecule has 5 nitrogen and oxygen atoms in total. The summed E-state index contributed by atoms with van der Waals surface area (Å²) in [4.78, 5) is 16.9. The molecule has 30 heavy (non-hydrogen) atoms. The topological polar surface area (TPSA) is 78.9 Å². The molecule has 0 amide bonds. The lowest BCUT2D eigenvalue weighted by molar-refractivity contribution is 0.563. The Morgan fingerprint density at radius 3 is 2.97 bits per heavy atom. The van der Waals surface area contributed by atoms with E-state index in [4.69, 9.17) is 16.0 Å². The van der Waals surface area contributed by atoms with E-state index in [0.29, 0.717) is 32.4 Å². The van der Waals surface area contributed by atoms with Gasteiger partial charge in [-0.15, -0.1) is 11.3 Å². The summed E-state index contributed by atoms with van der Waals surface area (Å²) in [5, 5.41) is 16.3. The van der Waals surface area contributed by atoms with E-state index < -0.39 is 5.63 Å². The summed E-state index contributed by atoms with van der Waals surface area (Å²) in [5.41, 5.74) is 2.86. The molecule has 0 aliphatic heterocycles. The lowest BCUT2D eigenvalue weighted by Gasteiger charge is -2.07. The molecule has 0 spiro atoms. The Kier molecular flexibility index (Phi) is 5.73. The molecule has 0 aliphatic carbocycles. The highest BCUT2D eigenvalue weighted by Crippen LogP contribution is 2.28. The highest BCUT2D eigenvalue weighted by molar-refractivity contribution is 9.10. The number of thiazole rings is 1. The molecule has 4 aromatic rings. The van der Waals surface area contributed by atoms with Gasteiger partial charge >= 0.3 is 5.63 Å². The van der Waals surface area contributed by atoms with Crippen LogP contribution in [0.5, 0.6) is 0 Å². The number of hydrogen-bond donors (Lipinski definition) is 1. The van der Waals surface area contributed by atoms with Crippen molar-refractivity contribution in [1.82, 2.24) is 4.98 Å². The fraction of sp³-hybridized carbons (Fsp3) is 0.0455. The standard InChI is InChI=1S/C22H13BrClN3O2S/c1-12-17(24)3-2-4-18(12)26-10-14(9-25)21-27-19(11-30-21)16-8-13-7-15(23)5-6-20(13)29-22(16)28/h2-8,10-11,26H,1H3/b14-10-. The van der Waals surface area contributed by atoms with Crippen LogP contribution in [-0.4, -0.2) is 4.98 Å². The smallest absolute Gasteiger partial charge is 0.345 e. The average Bonchev–Trinajstić information content (AvgIpc) is 3.21. The quantitative estimate of drug-likeness (QED) is 0.253. The second-order valence-electron chi connectivity index (χ2n) is 6.39. The Labute approximate surface area is 189 Å². The second kappa shape index (κ2) is 8.44. The van der Waals surface area contributed by atoms with Gasteiger partial charge in [-0.05, 0) is 48.9 Å². The van der Waals surface area contributed by atoms with Crippen molar-refractivity contribution >= 4 is 61.1 Å². The summed E-state index contributed by atoms with van der Waals surface area (Å²) in [6, 6.07) is 14.8. The molecule has 2 aromatic carbocycles. The van der Waals surface area contributed by atoms with Crippen molar-refractivity contribution < 1.29 is 4.42 Å². The minimum absolute atomic E-state index is 0.346. The van der Waals surface area contributed by atoms with Gasteiger partial charge in [0.2, 0.25) is 0 Å². The number of aromatic nitrogens is 1. The van der Waals surface area contributed by atoms with E-state index >= 15 is 0 Å². The first kappa shape index (κ1) is 20.4. The number of hydrogen-bond acceptors (Lipinski definition) is 6. The molecule has 0 saturated heterocycles. The van der Waals surface area contributed by atoms with Crippen LogP contribution in [-0.2, 0) is 0 Å². The van der Waals surface area contributed by atoms with E-state index in [1.54, 1.807) is 29.8 Å². The number of halogens is 2. The van der Waals surface area contributed by atoms with Gasteiger partial charge in [-0.1, -0.05) is 33.6 Å². The van der Waals surface area contributed by atoms with Crippen LogP contribution in [0, 0.1) is 18.3 Å². The molecule has 1 N–H and O–H groups in total. The van der Waals surface area contributed by atoms with E-state index in [1.807, 2.05) is 31.2 Å². The highest BCUT2D eigenvalue weighted by atomic mass is 79.9. The number of nitriles is 1. The maximum absolute atomic E-state index is 12.4. The summed E-state index contributed by atoms with van der Waals surface area (Å²) < 4.78 is 6.29. The van der Waals surface area contributed by atoms with Crippen molar-refractivity contribution in [2.75, 3.05) is 5.32 Å². The number of allylic oxidation sites excluding steroid dienone is 1. The van der Waals surface area contributed by atoms with Crippen molar-refractivity contribution in [3.63, 3.8) is 0 Å². The molecule has 4 rings (SSSR count). The number of nitrogens with zero attached hydrogens (tertiary/aromatic N) is 2. The Balaban J connectivity index is 1.68. The zero-order valence-corrected chi connectivity index (χ0v) is 18.7. The van der Waals surface area contributed by atoms with E-state index in [1.165, 1.54) is 11.3 Å². The highest BCUT2D eigenvalue weighted by Gasteiger charge is 2.14. The van der Waals surface area contributed by atoms with Crippen LogP contribution < -0.4 is 10.9 Å². The molecule has 148 valence electrons. The van der Waals surface area contributed by atoms with Crippen molar-refractivity contribution in [1.29, 1.82) is 5.26 Å². The SMILES string of the molecule is Cc1c(Cl)cccc1N/C=C(/C#N)c1nc(-c2cc3cc(Br)ccc3oc2=O)cs1. The number of anilines is 1. The largest absolute Gasteiger partial charge is 0.422 e. The van der Waals surface area contributed by atoms with Gasteiger partial charge in [0, 0.05) is 32.1 Å². The molecule has 0 unspecified atom stereocenters. The molecule has 0 atom stereocenters. The van der Waals surface area contributed by atoms with Gasteiger partial charge in [-0.3, -0.25) is 0 Å². The Hall–Kier alpha value is -2.92. The number of fused-ring (bicyclic) bond motifs is 1. The molecule has 0 saturated carbocycles. The summed E-state index contributed by atoms with van der Waals surface area (Å²) in [7, 11) is 0. The normalized spacial score (nSPS) is 11.5. The fourth-order valence-electron chi connectivity index (χ4n) is 2.85. The van der Waals surface area contributed by atoms with E-state index in [0.717, 1.165) is 21.1 Å². The van der Waals surface area contributed by atoms with E-state index in [-0.39, 0.29) is 0 Å². The number of benzene rings is 2. The first-order valence-electron chi connectivity index (χ1n) is 8.78. The lowest BCUT2D eigenvalue weighted by atomic mass is 10.1. The molecule has 2 aromatic heterocycles. The van der Waals surface area contributed by atoms with Gasteiger partial charge in [0.05, 0.1) is 11.3 Å². The van der Waals surface area contributed by atoms with Crippen LogP contribution in [0.4, 0.5) is 5.69 Å². The zero-order chi connectivity index (χ0) is 21.3. The van der Waals surface area contributed by atoms with Crippen molar-refractivity contribution in [2.45, 2.75) is 6.92 Å². The summed E-state index contributed by atoms with van der Waals surface area (Å²) in [6.07, 6.45) is 1.58. The van der Waals surface area contributed by atoms with Gasteiger partial charge in [0.15, 0.2) is 0 Å². The molecule has 0 bridgehead atoms. The molecule has 0 radical (unpaired) electrons. The number of rotatable bonds is 4. The van der Waals surface area contributed by atoms with Gasteiger partial charge in [-0.2, -0.15) is 5.26 Å². The third kappa shape index (κ3) is 4.03. The van der Waals surface area contributed by atoms with Crippen LogP contribution in [0.1, 0.15) is 10.6 Å². The summed E-state index contributed by atoms with van der Waals surface area (Å²) in [5.74, 6) is 0. The van der Waals surface area contributed by atoms with Crippen molar-refractivity contribution in [3.8, 4) is 17.3 Å². The van der Waals surface area contributed by atoms with Gasteiger partial charge in [0.25, 0.3) is 0 Å². The first-order chi connectivity index (χ1) is 14.5. The third-order valence-corrected chi connectivity index (χ3v) is 6.24. The second-order valence-corrected chi connectivity index (χ2v) is 8.58. The fourth-order valence-corrected chi connectivity index (χ4v) is 4.19. The van der Waals surface area contributed by atoms with Gasteiger partial charge in [0.1, 0.15) is 22.2 Å². The van der Waals surface area contributed by atoms with Gasteiger partial charge in [-0.25, -0.2) is 9.78 Å². The van der Waals surface area contributed by atoms with Crippen molar-refractivity contribution in [3.05, 3.63) is 84.5 Å². The number of nitrogens with one attached hydrogen (secondary N) is 1. The molecule has 0 fully saturated rings. The molecule has 8 heteroatoms. The third-order valence-electron chi connectivity index (χ3n) is 4.46.